The maximum absolute atomic E-state index is 5.72. The molecule has 0 bridgehead atoms. The third-order valence-corrected chi connectivity index (χ3v) is 2.88. The van der Waals surface area contributed by atoms with Gasteiger partial charge in [-0.15, -0.1) is 0 Å². The Morgan fingerprint density at radius 1 is 1.35 bits per heavy atom. The highest BCUT2D eigenvalue weighted by atomic mass is 16.7. The van der Waals surface area contributed by atoms with E-state index in [9.17, 15) is 0 Å². The highest BCUT2D eigenvalue weighted by Crippen LogP contribution is 2.26. The van der Waals surface area contributed by atoms with E-state index in [0.29, 0.717) is 11.4 Å². The molecule has 90 valence electrons. The van der Waals surface area contributed by atoms with Gasteiger partial charge in [0.1, 0.15) is 5.75 Å². The zero-order valence-electron chi connectivity index (χ0n) is 9.39. The van der Waals surface area contributed by atoms with Gasteiger partial charge in [0.2, 0.25) is 0 Å². The number of aromatic nitrogens is 1. The Morgan fingerprint density at radius 2 is 2.29 bits per heavy atom. The van der Waals surface area contributed by atoms with Crippen molar-refractivity contribution < 1.29 is 14.0 Å². The fourth-order valence-corrected chi connectivity index (χ4v) is 1.97. The Labute approximate surface area is 98.5 Å². The molecule has 1 atom stereocenters. The molecule has 1 unspecified atom stereocenters. The molecule has 1 aliphatic rings. The number of hydrogen-bond acceptors (Lipinski definition) is 5. The number of fused-ring (bicyclic) bond motifs is 1. The average molecular weight is 234 g/mol. The largest absolute Gasteiger partial charge is 0.465 e. The maximum atomic E-state index is 5.72. The van der Waals surface area contributed by atoms with Gasteiger partial charge in [0, 0.05) is 12.5 Å². The van der Waals surface area contributed by atoms with Crippen molar-refractivity contribution in [1.29, 1.82) is 0 Å². The van der Waals surface area contributed by atoms with Crippen LogP contribution in [-0.2, 0) is 4.74 Å². The second-order valence-electron chi connectivity index (χ2n) is 4.14. The number of nitrogens with two attached hydrogens (primary N) is 1. The maximum Gasteiger partial charge on any atom is 0.199 e. The minimum Gasteiger partial charge on any atom is -0.465 e. The summed E-state index contributed by atoms with van der Waals surface area (Å²) in [5.41, 5.74) is 6.28. The van der Waals surface area contributed by atoms with E-state index < -0.39 is 0 Å². The fourth-order valence-electron chi connectivity index (χ4n) is 1.97. The minimum atomic E-state index is -0.151. The van der Waals surface area contributed by atoms with Crippen LogP contribution in [0.15, 0.2) is 22.7 Å². The lowest BCUT2D eigenvalue weighted by Crippen LogP contribution is -2.24. The van der Waals surface area contributed by atoms with Gasteiger partial charge in [0.15, 0.2) is 17.7 Å². The topological polar surface area (TPSA) is 70.5 Å². The van der Waals surface area contributed by atoms with Crippen LogP contribution < -0.4 is 10.5 Å². The zero-order chi connectivity index (χ0) is 11.7. The molecule has 2 heterocycles. The molecule has 3 rings (SSSR count). The van der Waals surface area contributed by atoms with Crippen molar-refractivity contribution in [2.24, 2.45) is 0 Å². The van der Waals surface area contributed by atoms with Gasteiger partial charge in [-0.3, -0.25) is 0 Å². The van der Waals surface area contributed by atoms with Gasteiger partial charge < -0.3 is 19.7 Å². The van der Waals surface area contributed by atoms with E-state index in [4.69, 9.17) is 19.7 Å². The van der Waals surface area contributed by atoms with E-state index in [2.05, 4.69) is 5.16 Å². The molecule has 1 aromatic heterocycles. The van der Waals surface area contributed by atoms with E-state index >= 15 is 0 Å². The molecule has 5 nitrogen and oxygen atoms in total. The Morgan fingerprint density at radius 3 is 3.12 bits per heavy atom. The first kappa shape index (κ1) is 10.4. The first-order chi connectivity index (χ1) is 8.33. The van der Waals surface area contributed by atoms with Crippen LogP contribution in [0.4, 0.5) is 5.82 Å². The first-order valence-electron chi connectivity index (χ1n) is 5.76. The van der Waals surface area contributed by atoms with Crippen LogP contribution in [0, 0.1) is 0 Å². The number of hydrogen-bond donors (Lipinski definition) is 1. The van der Waals surface area contributed by atoms with E-state index in [1.807, 2.05) is 12.1 Å². The molecule has 1 saturated heterocycles. The molecule has 2 aromatic rings. The Kier molecular flexibility index (Phi) is 2.60. The number of benzene rings is 1. The smallest absolute Gasteiger partial charge is 0.199 e. The van der Waals surface area contributed by atoms with E-state index in [0.717, 1.165) is 37.0 Å². The van der Waals surface area contributed by atoms with Gasteiger partial charge >= 0.3 is 0 Å². The van der Waals surface area contributed by atoms with Gasteiger partial charge in [-0.2, -0.15) is 0 Å². The zero-order valence-corrected chi connectivity index (χ0v) is 9.39. The molecule has 0 aliphatic carbocycles. The second kappa shape index (κ2) is 4.25. The highest BCUT2D eigenvalue weighted by Gasteiger charge is 2.16. The lowest BCUT2D eigenvalue weighted by atomic mass is 10.2. The van der Waals surface area contributed by atoms with Crippen molar-refractivity contribution in [1.82, 2.24) is 5.16 Å². The third-order valence-electron chi connectivity index (χ3n) is 2.88. The van der Waals surface area contributed by atoms with Crippen LogP contribution >= 0.6 is 0 Å². The van der Waals surface area contributed by atoms with Gasteiger partial charge in [-0.1, -0.05) is 5.16 Å². The second-order valence-corrected chi connectivity index (χ2v) is 4.14. The molecular weight excluding hydrogens is 220 g/mol. The van der Waals surface area contributed by atoms with Crippen molar-refractivity contribution >= 4 is 16.8 Å². The lowest BCUT2D eigenvalue weighted by Gasteiger charge is -2.23. The third kappa shape index (κ3) is 2.06. The first-order valence-corrected chi connectivity index (χ1v) is 5.76. The van der Waals surface area contributed by atoms with E-state index in [1.54, 1.807) is 6.07 Å². The van der Waals surface area contributed by atoms with Crippen molar-refractivity contribution in [2.75, 3.05) is 12.3 Å². The molecule has 5 heteroatoms. The SMILES string of the molecule is Nc1noc2cc(OC3CCCCO3)ccc12. The van der Waals surface area contributed by atoms with Crippen molar-refractivity contribution in [2.45, 2.75) is 25.6 Å². The summed E-state index contributed by atoms with van der Waals surface area (Å²) in [6.07, 6.45) is 3.03. The molecule has 2 N–H and O–H groups in total. The van der Waals surface area contributed by atoms with Gasteiger partial charge in [-0.25, -0.2) is 0 Å². The molecule has 0 spiro atoms. The minimum absolute atomic E-state index is 0.151. The Balaban J connectivity index is 1.80. The van der Waals surface area contributed by atoms with Gasteiger partial charge in [-0.05, 0) is 25.0 Å². The number of anilines is 1. The molecule has 0 amide bonds. The molecular formula is C12H14N2O3. The van der Waals surface area contributed by atoms with Crippen LogP contribution in [0.25, 0.3) is 11.0 Å². The van der Waals surface area contributed by atoms with Crippen LogP contribution in [-0.4, -0.2) is 18.1 Å². The van der Waals surface area contributed by atoms with Crippen molar-refractivity contribution in [3.8, 4) is 5.75 Å². The normalized spacial score (nSPS) is 20.6. The molecule has 1 fully saturated rings. The molecule has 17 heavy (non-hydrogen) atoms. The number of rotatable bonds is 2. The Hall–Kier alpha value is -1.75. The summed E-state index contributed by atoms with van der Waals surface area (Å²) in [5, 5.41) is 4.51. The molecule has 1 aromatic carbocycles. The standard InChI is InChI=1S/C12H14N2O3/c13-12-9-5-4-8(7-10(9)17-14-12)16-11-3-1-2-6-15-11/h4-5,7,11H,1-3,6H2,(H2,13,14). The summed E-state index contributed by atoms with van der Waals surface area (Å²) in [6, 6.07) is 5.49. The molecule has 0 radical (unpaired) electrons. The number of ether oxygens (including phenoxy) is 2. The molecule has 1 aliphatic heterocycles. The average Bonchev–Trinajstić information content (AvgIpc) is 2.72. The molecule has 0 saturated carbocycles. The predicted molar refractivity (Wildman–Crippen MR) is 62.6 cm³/mol. The van der Waals surface area contributed by atoms with E-state index in [1.165, 1.54) is 0 Å². The van der Waals surface area contributed by atoms with Crippen LogP contribution in [0.3, 0.4) is 0 Å². The van der Waals surface area contributed by atoms with Gasteiger partial charge in [0.05, 0.1) is 12.0 Å². The fraction of sp³-hybridized carbons (Fsp3) is 0.417. The van der Waals surface area contributed by atoms with Crippen molar-refractivity contribution in [3.05, 3.63) is 18.2 Å². The van der Waals surface area contributed by atoms with Crippen LogP contribution in [0.5, 0.6) is 5.75 Å². The number of nitrogen functional groups attached to an aromatic ring is 1. The summed E-state index contributed by atoms with van der Waals surface area (Å²) in [5.74, 6) is 1.13. The monoisotopic (exact) mass is 234 g/mol. The summed E-state index contributed by atoms with van der Waals surface area (Å²) >= 11 is 0. The predicted octanol–water partition coefficient (Wildman–Crippen LogP) is 2.32. The summed E-state index contributed by atoms with van der Waals surface area (Å²) in [6.45, 7) is 0.766. The van der Waals surface area contributed by atoms with Crippen LogP contribution in [0.2, 0.25) is 0 Å². The lowest BCUT2D eigenvalue weighted by molar-refractivity contribution is -0.105. The Bertz CT molecular complexity index is 517. The highest BCUT2D eigenvalue weighted by molar-refractivity contribution is 5.87. The summed E-state index contributed by atoms with van der Waals surface area (Å²) in [4.78, 5) is 0. The summed E-state index contributed by atoms with van der Waals surface area (Å²) in [7, 11) is 0. The number of nitrogens with zero attached hydrogens (tertiary/aromatic N) is 1. The van der Waals surface area contributed by atoms with Gasteiger partial charge in [0.25, 0.3) is 0 Å². The van der Waals surface area contributed by atoms with Crippen LogP contribution in [0.1, 0.15) is 19.3 Å². The summed E-state index contributed by atoms with van der Waals surface area (Å²) < 4.78 is 16.3. The van der Waals surface area contributed by atoms with E-state index in [-0.39, 0.29) is 6.29 Å². The quantitative estimate of drug-likeness (QED) is 0.863. The van der Waals surface area contributed by atoms with Crippen molar-refractivity contribution in [3.63, 3.8) is 0 Å².